The van der Waals surface area contributed by atoms with E-state index in [0.717, 1.165) is 89.5 Å². The van der Waals surface area contributed by atoms with Crippen molar-refractivity contribution in [2.24, 2.45) is 5.92 Å². The number of fused-ring (bicyclic) bond motifs is 4. The van der Waals surface area contributed by atoms with Gasteiger partial charge in [-0.3, -0.25) is 13.7 Å². The summed E-state index contributed by atoms with van der Waals surface area (Å²) in [5.41, 5.74) is 14.3. The molecule has 0 amide bonds. The lowest BCUT2D eigenvalue weighted by molar-refractivity contribution is -0.571. The van der Waals surface area contributed by atoms with E-state index in [1.807, 2.05) is 12.3 Å². The van der Waals surface area contributed by atoms with E-state index < -0.39 is 0 Å². The van der Waals surface area contributed by atoms with Crippen molar-refractivity contribution >= 4 is 32.8 Å². The summed E-state index contributed by atoms with van der Waals surface area (Å²) in [4.78, 5) is 4.91. The Balaban J connectivity index is 1.05. The van der Waals surface area contributed by atoms with Gasteiger partial charge in [-0.05, 0) is 105 Å². The molecular weight excluding hydrogens is 781 g/mol. The first-order chi connectivity index (χ1) is 31.5. The minimum atomic E-state index is 0.403. The first-order valence-corrected chi connectivity index (χ1v) is 22.1. The van der Waals surface area contributed by atoms with Crippen LogP contribution in [-0.2, 0) is 0 Å². The Morgan fingerprint density at radius 1 is 0.500 bits per heavy atom. The van der Waals surface area contributed by atoms with Gasteiger partial charge in [-0.15, -0.1) is 0 Å². The third-order valence-corrected chi connectivity index (χ3v) is 12.7. The van der Waals surface area contributed by atoms with E-state index in [1.54, 1.807) is 0 Å². The van der Waals surface area contributed by atoms with E-state index in [4.69, 9.17) is 9.72 Å². The van der Waals surface area contributed by atoms with Crippen LogP contribution in [0, 0.1) is 12.2 Å². The highest BCUT2D eigenvalue weighted by molar-refractivity contribution is 6.09. The van der Waals surface area contributed by atoms with Gasteiger partial charge in [0.2, 0.25) is 0 Å². The molecule has 0 aliphatic heterocycles. The number of para-hydroxylation sites is 2. The maximum Gasteiger partial charge on any atom is 0.269 e. The molecule has 1 unspecified atom stereocenters. The zero-order chi connectivity index (χ0) is 43.1. The lowest BCUT2D eigenvalue weighted by atomic mass is 9.91. The average Bonchev–Trinajstić information content (AvgIpc) is 3.90. The van der Waals surface area contributed by atoms with Crippen molar-refractivity contribution in [2.75, 3.05) is 0 Å². The number of nitrogens with zero attached hydrogens (tertiary/aromatic N) is 4. The number of imidazole rings is 1. The molecule has 0 aliphatic carbocycles. The van der Waals surface area contributed by atoms with Gasteiger partial charge in [-0.25, -0.2) is 4.98 Å². The van der Waals surface area contributed by atoms with Gasteiger partial charge >= 0.3 is 0 Å². The zero-order valence-electron chi connectivity index (χ0n) is 36.1. The van der Waals surface area contributed by atoms with Gasteiger partial charge in [0.25, 0.3) is 6.33 Å². The first-order valence-electron chi connectivity index (χ1n) is 22.1. The molecule has 3 aromatic heterocycles. The van der Waals surface area contributed by atoms with Crippen LogP contribution >= 0.6 is 0 Å². The number of benzene rings is 8. The molecule has 5 nitrogen and oxygen atoms in total. The Bertz CT molecular complexity index is 3400. The Morgan fingerprint density at radius 2 is 1.14 bits per heavy atom. The molecule has 11 rings (SSSR count). The third kappa shape index (κ3) is 7.01. The second-order valence-corrected chi connectivity index (χ2v) is 16.9. The first kappa shape index (κ1) is 38.9. The summed E-state index contributed by atoms with van der Waals surface area (Å²) in [6.07, 6.45) is 5.80. The fourth-order valence-electron chi connectivity index (χ4n) is 9.07. The Labute approximate surface area is 373 Å². The third-order valence-electron chi connectivity index (χ3n) is 12.7. The van der Waals surface area contributed by atoms with Gasteiger partial charge in [0.05, 0.1) is 33.4 Å². The molecule has 0 saturated carbocycles. The summed E-state index contributed by atoms with van der Waals surface area (Å²) in [7, 11) is 0. The quantitative estimate of drug-likeness (QED) is 0.102. The lowest BCUT2D eigenvalue weighted by Crippen LogP contribution is -2.31. The molecule has 5 heteroatoms. The SMILES string of the molecule is CC(C)C(C)c1ccnc(-n2c3ccccc3c3ccc(Oc4cccc(-n5[c-][n+](-c6c(-c7ccccc7)cccc6-c6ccccc6)c6cc(-c7ccccc7)ccc65)c4)cc32)c1. The van der Waals surface area contributed by atoms with Crippen molar-refractivity contribution in [3.63, 3.8) is 0 Å². The summed E-state index contributed by atoms with van der Waals surface area (Å²) in [6, 6.07) is 72.8. The molecule has 0 radical (unpaired) electrons. The highest BCUT2D eigenvalue weighted by atomic mass is 16.5. The fraction of sp³-hybridized carbons (Fsp3) is 0.0847. The van der Waals surface area contributed by atoms with Crippen molar-refractivity contribution < 1.29 is 9.30 Å². The predicted octanol–water partition coefficient (Wildman–Crippen LogP) is 14.8. The zero-order valence-corrected chi connectivity index (χ0v) is 36.1. The largest absolute Gasteiger partial charge is 0.458 e. The van der Waals surface area contributed by atoms with Crippen LogP contribution < -0.4 is 9.30 Å². The second kappa shape index (κ2) is 16.4. The van der Waals surface area contributed by atoms with E-state index in [2.05, 4.69) is 241 Å². The van der Waals surface area contributed by atoms with E-state index in [9.17, 15) is 0 Å². The maximum atomic E-state index is 6.80. The van der Waals surface area contributed by atoms with Crippen LogP contribution in [0.1, 0.15) is 32.3 Å². The van der Waals surface area contributed by atoms with Crippen molar-refractivity contribution in [1.29, 1.82) is 0 Å². The minimum Gasteiger partial charge on any atom is -0.458 e. The Morgan fingerprint density at radius 3 is 1.86 bits per heavy atom. The van der Waals surface area contributed by atoms with Crippen molar-refractivity contribution in [2.45, 2.75) is 26.7 Å². The normalized spacial score (nSPS) is 12.1. The molecule has 1 atom stereocenters. The van der Waals surface area contributed by atoms with Gasteiger partial charge in [0.1, 0.15) is 17.3 Å². The molecular formula is C59H46N4O. The highest BCUT2D eigenvalue weighted by Gasteiger charge is 2.21. The predicted molar refractivity (Wildman–Crippen MR) is 262 cm³/mol. The molecule has 64 heavy (non-hydrogen) atoms. The topological polar surface area (TPSA) is 35.9 Å². The van der Waals surface area contributed by atoms with Crippen LogP contribution in [0.2, 0.25) is 0 Å². The second-order valence-electron chi connectivity index (χ2n) is 16.9. The number of hydrogen-bond donors (Lipinski definition) is 0. The Kier molecular flexibility index (Phi) is 9.93. The summed E-state index contributed by atoms with van der Waals surface area (Å²) in [6.45, 7) is 6.83. The minimum absolute atomic E-state index is 0.403. The van der Waals surface area contributed by atoms with Gasteiger partial charge in [-0.1, -0.05) is 166 Å². The van der Waals surface area contributed by atoms with Crippen LogP contribution in [0.4, 0.5) is 0 Å². The molecule has 0 fully saturated rings. The molecule has 8 aromatic carbocycles. The van der Waals surface area contributed by atoms with E-state index >= 15 is 0 Å². The monoisotopic (exact) mass is 826 g/mol. The number of hydrogen-bond acceptors (Lipinski definition) is 2. The van der Waals surface area contributed by atoms with Gasteiger partial charge < -0.3 is 4.74 Å². The summed E-state index contributed by atoms with van der Waals surface area (Å²) >= 11 is 0. The average molecular weight is 827 g/mol. The standard InChI is InChI=1S/C59H46N4O/c1-40(2)41(3)45-33-34-60-58(36-45)63-54-28-14-13-25-52(54)53-31-30-49(38-56(53)63)64-48-24-15-23-47(37-48)61-39-62(57-35-46(29-32-55(57)61)42-17-7-4-8-18-42)59-50(43-19-9-5-10-20-43)26-16-27-51(59)44-21-11-6-12-22-44/h4-38,40-41H,1-3H3. The van der Waals surface area contributed by atoms with Gasteiger partial charge in [-0.2, -0.15) is 0 Å². The van der Waals surface area contributed by atoms with Crippen LogP contribution in [-0.4, -0.2) is 14.1 Å². The van der Waals surface area contributed by atoms with Crippen LogP contribution in [0.25, 0.3) is 83.4 Å². The summed E-state index contributed by atoms with van der Waals surface area (Å²) in [5, 5.41) is 2.33. The van der Waals surface area contributed by atoms with Gasteiger partial charge in [0.15, 0.2) is 0 Å². The lowest BCUT2D eigenvalue weighted by Gasteiger charge is -2.17. The molecule has 0 saturated heterocycles. The smallest absolute Gasteiger partial charge is 0.269 e. The van der Waals surface area contributed by atoms with Gasteiger partial charge in [0, 0.05) is 23.0 Å². The molecule has 308 valence electrons. The van der Waals surface area contributed by atoms with E-state index in [-0.39, 0.29) is 0 Å². The molecule has 0 N–H and O–H groups in total. The number of aromatic nitrogens is 4. The number of ether oxygens (including phenoxy) is 1. The molecule has 0 bridgehead atoms. The van der Waals surface area contributed by atoms with Crippen LogP contribution in [0.3, 0.4) is 0 Å². The van der Waals surface area contributed by atoms with E-state index in [1.165, 1.54) is 10.9 Å². The highest BCUT2D eigenvalue weighted by Crippen LogP contribution is 2.38. The summed E-state index contributed by atoms with van der Waals surface area (Å²) in [5.74, 6) is 3.29. The van der Waals surface area contributed by atoms with Crippen molar-refractivity contribution in [3.8, 4) is 62.1 Å². The van der Waals surface area contributed by atoms with Crippen LogP contribution in [0.5, 0.6) is 11.5 Å². The summed E-state index contributed by atoms with van der Waals surface area (Å²) < 4.78 is 13.5. The fourth-order valence-corrected chi connectivity index (χ4v) is 9.07. The number of rotatable bonds is 10. The Hall–Kier alpha value is -8.02. The molecule has 3 heterocycles. The van der Waals surface area contributed by atoms with E-state index in [0.29, 0.717) is 11.8 Å². The van der Waals surface area contributed by atoms with Crippen molar-refractivity contribution in [3.05, 3.63) is 224 Å². The molecule has 0 spiro atoms. The number of pyridine rings is 1. The molecule has 0 aliphatic rings. The van der Waals surface area contributed by atoms with Crippen molar-refractivity contribution in [1.82, 2.24) is 14.1 Å². The maximum absolute atomic E-state index is 6.80. The molecule has 11 aromatic rings. The van der Waals surface area contributed by atoms with Crippen LogP contribution in [0.15, 0.2) is 212 Å².